The van der Waals surface area contributed by atoms with Crippen molar-refractivity contribution >= 4 is 17.9 Å². The second-order valence-corrected chi connectivity index (χ2v) is 9.66. The van der Waals surface area contributed by atoms with Gasteiger partial charge in [-0.2, -0.15) is 0 Å². The Morgan fingerprint density at radius 2 is 1.59 bits per heavy atom. The van der Waals surface area contributed by atoms with Crippen LogP contribution in [0.3, 0.4) is 0 Å². The Bertz CT molecular complexity index is 780. The van der Waals surface area contributed by atoms with Gasteiger partial charge in [-0.15, -0.1) is 0 Å². The molecule has 6 heteroatoms. The van der Waals surface area contributed by atoms with Gasteiger partial charge in [-0.1, -0.05) is 24.3 Å². The first-order valence-corrected chi connectivity index (χ1v) is 9.98. The molecular formula is C21H26N2O4. The number of nitrogens with zero attached hydrogens (tertiary/aromatic N) is 1. The van der Waals surface area contributed by atoms with Gasteiger partial charge in [0.25, 0.3) is 0 Å². The maximum absolute atomic E-state index is 12.0. The van der Waals surface area contributed by atoms with E-state index < -0.39 is 11.7 Å². The van der Waals surface area contributed by atoms with Crippen LogP contribution in [0.5, 0.6) is 0 Å². The van der Waals surface area contributed by atoms with Crippen molar-refractivity contribution in [3.05, 3.63) is 24.3 Å². The fraction of sp³-hybridized carbons (Fsp3) is 0.667. The molecule has 2 saturated carbocycles. The zero-order chi connectivity index (χ0) is 19.1. The van der Waals surface area contributed by atoms with E-state index >= 15 is 0 Å². The highest BCUT2D eigenvalue weighted by atomic mass is 16.6. The number of β-lactam (4-membered cyclic amide) rings is 2. The Morgan fingerprint density at radius 3 is 2.19 bits per heavy atom. The number of imide groups is 1. The minimum absolute atomic E-state index is 0.0394. The third-order valence-electron chi connectivity index (χ3n) is 6.90. The lowest BCUT2D eigenvalue weighted by atomic mass is 9.80. The molecule has 2 heterocycles. The van der Waals surface area contributed by atoms with Crippen molar-refractivity contribution in [2.75, 3.05) is 0 Å². The van der Waals surface area contributed by atoms with E-state index in [-0.39, 0.29) is 23.8 Å². The fourth-order valence-corrected chi connectivity index (χ4v) is 5.77. The van der Waals surface area contributed by atoms with Gasteiger partial charge in [0.1, 0.15) is 5.60 Å². The lowest BCUT2D eigenvalue weighted by Gasteiger charge is -2.46. The lowest BCUT2D eigenvalue weighted by Crippen LogP contribution is -2.65. The first-order chi connectivity index (χ1) is 12.7. The topological polar surface area (TPSA) is 75.7 Å². The molecule has 0 aromatic heterocycles. The average molecular weight is 370 g/mol. The van der Waals surface area contributed by atoms with E-state index in [2.05, 4.69) is 29.6 Å². The van der Waals surface area contributed by atoms with Crippen molar-refractivity contribution in [2.45, 2.75) is 51.3 Å². The first kappa shape index (κ1) is 17.0. The molecule has 6 nitrogen and oxygen atoms in total. The Hall–Kier alpha value is -2.11. The van der Waals surface area contributed by atoms with Crippen LogP contribution in [0.4, 0.5) is 4.79 Å². The number of likely N-dealkylation sites (tertiary alicyclic amines) is 1. The van der Waals surface area contributed by atoms with Crippen molar-refractivity contribution in [1.29, 1.82) is 0 Å². The summed E-state index contributed by atoms with van der Waals surface area (Å²) in [6.07, 6.45) is 10.5. The molecule has 144 valence electrons. The smallest absolute Gasteiger partial charge is 0.417 e. The number of carbonyl (C=O) groups excluding carboxylic acids is 3. The Labute approximate surface area is 159 Å². The second kappa shape index (κ2) is 5.46. The molecule has 1 N–H and O–H groups in total. The Kier molecular flexibility index (Phi) is 3.44. The van der Waals surface area contributed by atoms with Crippen LogP contribution in [0.15, 0.2) is 24.3 Å². The summed E-state index contributed by atoms with van der Waals surface area (Å²) >= 11 is 0. The average Bonchev–Trinajstić information content (AvgIpc) is 3.28. The first-order valence-electron chi connectivity index (χ1n) is 9.98. The third kappa shape index (κ3) is 2.41. The van der Waals surface area contributed by atoms with Gasteiger partial charge in [-0.25, -0.2) is 9.69 Å². The summed E-state index contributed by atoms with van der Waals surface area (Å²) < 4.78 is 5.27. The van der Waals surface area contributed by atoms with E-state index in [0.717, 1.165) is 6.42 Å². The molecule has 2 aliphatic heterocycles. The molecule has 0 unspecified atom stereocenters. The molecule has 3 amide bonds. The molecule has 6 rings (SSSR count). The largest absolute Gasteiger partial charge is 0.443 e. The standard InChI is InChI=1S/C13H17NO3.C8H9NO/c1-13(2,3)17-12(16)14-10-8-5-4-7(6-8)9(10)11(14)15;10-8-6-4-1-2-5(3-4)7(6)9-8/h4-5,7-10H,6H2,1-3H3;1-2,4-7H,3H2,(H,9,10)/t7-,8+,9-,10+;4-,5+,6-,7+/m11/s1. The van der Waals surface area contributed by atoms with E-state index in [1.54, 1.807) is 0 Å². The summed E-state index contributed by atoms with van der Waals surface area (Å²) in [4.78, 5) is 36.2. The number of rotatable bonds is 0. The van der Waals surface area contributed by atoms with E-state index in [0.29, 0.717) is 35.6 Å². The molecule has 4 bridgehead atoms. The van der Waals surface area contributed by atoms with Crippen LogP contribution in [0.2, 0.25) is 0 Å². The number of ether oxygens (including phenoxy) is 1. The zero-order valence-corrected chi connectivity index (χ0v) is 15.9. The van der Waals surface area contributed by atoms with Gasteiger partial charge in [0.05, 0.1) is 17.9 Å². The van der Waals surface area contributed by atoms with E-state index in [9.17, 15) is 14.4 Å². The van der Waals surface area contributed by atoms with Gasteiger partial charge < -0.3 is 10.1 Å². The second-order valence-electron chi connectivity index (χ2n) is 9.66. The summed E-state index contributed by atoms with van der Waals surface area (Å²) in [6.45, 7) is 5.44. The van der Waals surface area contributed by atoms with Crippen LogP contribution < -0.4 is 5.32 Å². The summed E-state index contributed by atoms with van der Waals surface area (Å²) in [5.41, 5.74) is -0.546. The number of nitrogens with one attached hydrogen (secondary N) is 1. The van der Waals surface area contributed by atoms with E-state index in [4.69, 9.17) is 4.74 Å². The predicted octanol–water partition coefficient (Wildman–Crippen LogP) is 2.26. The SMILES string of the molecule is CC(C)(C)OC(=O)N1C(=O)[C@H]2[C@@H]1[C@H]1C=C[C@@H]2C1.O=C1N[C@@H]2[C@H]1[C@@H]1C=C[C@H]2C1. The number of hydrogen-bond donors (Lipinski definition) is 1. The van der Waals surface area contributed by atoms with Crippen LogP contribution in [-0.4, -0.2) is 40.5 Å². The zero-order valence-electron chi connectivity index (χ0n) is 15.9. The van der Waals surface area contributed by atoms with Crippen LogP contribution >= 0.6 is 0 Å². The Morgan fingerprint density at radius 1 is 1.00 bits per heavy atom. The van der Waals surface area contributed by atoms with Crippen molar-refractivity contribution in [1.82, 2.24) is 10.2 Å². The summed E-state index contributed by atoms with van der Waals surface area (Å²) in [7, 11) is 0. The van der Waals surface area contributed by atoms with Crippen LogP contribution in [-0.2, 0) is 14.3 Å². The summed E-state index contributed by atoms with van der Waals surface area (Å²) in [5, 5.41) is 2.95. The van der Waals surface area contributed by atoms with Crippen molar-refractivity contribution < 1.29 is 19.1 Å². The highest BCUT2D eigenvalue weighted by molar-refractivity contribution is 6.00. The highest BCUT2D eigenvalue weighted by Gasteiger charge is 2.63. The number of allylic oxidation sites excluding steroid dienone is 2. The van der Waals surface area contributed by atoms with Crippen LogP contribution in [0.1, 0.15) is 33.6 Å². The maximum Gasteiger partial charge on any atom is 0.417 e. The van der Waals surface area contributed by atoms with E-state index in [1.165, 1.54) is 11.3 Å². The van der Waals surface area contributed by atoms with Crippen molar-refractivity contribution in [3.8, 4) is 0 Å². The highest BCUT2D eigenvalue weighted by Crippen LogP contribution is 2.53. The van der Waals surface area contributed by atoms with Crippen molar-refractivity contribution in [2.24, 2.45) is 35.5 Å². The fourth-order valence-electron chi connectivity index (χ4n) is 5.77. The third-order valence-corrected chi connectivity index (χ3v) is 6.90. The van der Waals surface area contributed by atoms with Gasteiger partial charge in [-0.05, 0) is 57.3 Å². The predicted molar refractivity (Wildman–Crippen MR) is 97.3 cm³/mol. The summed E-state index contributed by atoms with van der Waals surface area (Å²) in [6, 6.07) is 0.579. The lowest BCUT2D eigenvalue weighted by molar-refractivity contribution is -0.154. The normalized spacial score (nSPS) is 44.0. The molecule has 4 aliphatic carbocycles. The van der Waals surface area contributed by atoms with Gasteiger partial charge in [0.15, 0.2) is 0 Å². The molecule has 0 aromatic carbocycles. The number of carbonyl (C=O) groups is 3. The molecule has 4 fully saturated rings. The monoisotopic (exact) mass is 370 g/mol. The quantitative estimate of drug-likeness (QED) is 0.524. The molecular weight excluding hydrogens is 344 g/mol. The van der Waals surface area contributed by atoms with Gasteiger partial charge in [-0.3, -0.25) is 9.59 Å². The minimum atomic E-state index is -0.546. The number of amides is 3. The molecule has 0 spiro atoms. The number of hydrogen-bond acceptors (Lipinski definition) is 4. The Balaban J connectivity index is 0.000000135. The van der Waals surface area contributed by atoms with Gasteiger partial charge >= 0.3 is 6.09 Å². The maximum atomic E-state index is 12.0. The molecule has 8 atom stereocenters. The molecule has 0 radical (unpaired) electrons. The molecule has 27 heavy (non-hydrogen) atoms. The molecule has 6 aliphatic rings. The van der Waals surface area contributed by atoms with Crippen LogP contribution in [0, 0.1) is 35.5 Å². The van der Waals surface area contributed by atoms with E-state index in [1.807, 2.05) is 20.8 Å². The minimum Gasteiger partial charge on any atom is -0.443 e. The van der Waals surface area contributed by atoms with Gasteiger partial charge in [0.2, 0.25) is 11.8 Å². The number of fused-ring (bicyclic) bond motifs is 10. The molecule has 0 aromatic rings. The van der Waals surface area contributed by atoms with Crippen LogP contribution in [0.25, 0.3) is 0 Å². The van der Waals surface area contributed by atoms with Gasteiger partial charge in [0, 0.05) is 6.04 Å². The molecule has 2 saturated heterocycles. The summed E-state index contributed by atoms with van der Waals surface area (Å²) in [5.74, 6) is 2.60. The van der Waals surface area contributed by atoms with Crippen molar-refractivity contribution in [3.63, 3.8) is 0 Å².